The van der Waals surface area contributed by atoms with Crippen LogP contribution < -0.4 is 9.80 Å². The summed E-state index contributed by atoms with van der Waals surface area (Å²) in [7, 11) is 0. The molecule has 0 unspecified atom stereocenters. The lowest BCUT2D eigenvalue weighted by atomic mass is 10.1. The first-order chi connectivity index (χ1) is 12.2. The van der Waals surface area contributed by atoms with Gasteiger partial charge in [0.05, 0.1) is 24.5 Å². The minimum absolute atomic E-state index is 0.00535. The second kappa shape index (κ2) is 6.98. The third kappa shape index (κ3) is 3.32. The van der Waals surface area contributed by atoms with Crippen LogP contribution >= 0.6 is 11.6 Å². The van der Waals surface area contributed by atoms with Crippen molar-refractivity contribution in [1.29, 1.82) is 0 Å². The summed E-state index contributed by atoms with van der Waals surface area (Å²) in [6.07, 6.45) is 3.78. The molecule has 128 valence electrons. The standard InChI is InChI=1S/C20H20ClN3O/c21-15-8-10-16(11-9-15)22-19-17-6-2-3-7-18(17)24(20(19)25)14-23-12-4-1-5-13-23/h2-3,6-11H,1,4-5,12-14H2/p+1. The molecular formula is C20H21ClN3O+. The number of carbonyl (C=O) groups excluding carboxylic acids is 1. The average molecular weight is 355 g/mol. The van der Waals surface area contributed by atoms with Crippen molar-refractivity contribution in [2.45, 2.75) is 19.3 Å². The fourth-order valence-corrected chi connectivity index (χ4v) is 3.73. The second-order valence-corrected chi connectivity index (χ2v) is 7.09. The lowest BCUT2D eigenvalue weighted by molar-refractivity contribution is -0.903. The number of hydrogen-bond acceptors (Lipinski definition) is 2. The van der Waals surface area contributed by atoms with Gasteiger partial charge in [-0.2, -0.15) is 0 Å². The van der Waals surface area contributed by atoms with Crippen molar-refractivity contribution in [2.24, 2.45) is 4.99 Å². The Labute approximate surface area is 152 Å². The van der Waals surface area contributed by atoms with Gasteiger partial charge in [0.2, 0.25) is 0 Å². The van der Waals surface area contributed by atoms with E-state index in [9.17, 15) is 4.79 Å². The summed E-state index contributed by atoms with van der Waals surface area (Å²) < 4.78 is 0. The van der Waals surface area contributed by atoms with E-state index in [1.54, 1.807) is 12.1 Å². The minimum atomic E-state index is -0.00535. The number of halogens is 1. The van der Waals surface area contributed by atoms with Crippen LogP contribution in [0.25, 0.3) is 0 Å². The molecular weight excluding hydrogens is 334 g/mol. The number of quaternary nitrogens is 1. The predicted molar refractivity (Wildman–Crippen MR) is 101 cm³/mol. The fourth-order valence-electron chi connectivity index (χ4n) is 3.60. The van der Waals surface area contributed by atoms with Gasteiger partial charge in [-0.05, 0) is 49.6 Å². The lowest BCUT2D eigenvalue weighted by Gasteiger charge is -2.27. The van der Waals surface area contributed by atoms with Gasteiger partial charge >= 0.3 is 0 Å². The highest BCUT2D eigenvalue weighted by Crippen LogP contribution is 2.30. The quantitative estimate of drug-likeness (QED) is 0.904. The SMILES string of the molecule is O=C1C(=Nc2ccc(Cl)cc2)c2ccccc2N1C[NH+]1CCCCC1. The summed E-state index contributed by atoms with van der Waals surface area (Å²) in [5.41, 5.74) is 3.15. The summed E-state index contributed by atoms with van der Waals surface area (Å²) in [6.45, 7) is 2.99. The maximum atomic E-state index is 13.1. The zero-order valence-electron chi connectivity index (χ0n) is 14.0. The first kappa shape index (κ1) is 16.3. The molecule has 2 aliphatic rings. The van der Waals surface area contributed by atoms with Crippen molar-refractivity contribution < 1.29 is 9.69 Å². The molecule has 4 nitrogen and oxygen atoms in total. The van der Waals surface area contributed by atoms with E-state index >= 15 is 0 Å². The Morgan fingerprint density at radius 3 is 2.48 bits per heavy atom. The predicted octanol–water partition coefficient (Wildman–Crippen LogP) is 2.83. The molecule has 5 heteroatoms. The van der Waals surface area contributed by atoms with Gasteiger partial charge in [0.1, 0.15) is 5.71 Å². The topological polar surface area (TPSA) is 37.1 Å². The first-order valence-corrected chi connectivity index (χ1v) is 9.19. The number of rotatable bonds is 3. The molecule has 0 aromatic heterocycles. The summed E-state index contributed by atoms with van der Waals surface area (Å²) in [5.74, 6) is -0.00535. The molecule has 0 spiro atoms. The fraction of sp³-hybridized carbons (Fsp3) is 0.300. The van der Waals surface area contributed by atoms with Crippen LogP contribution in [0, 0.1) is 0 Å². The monoisotopic (exact) mass is 354 g/mol. The molecule has 0 radical (unpaired) electrons. The Balaban J connectivity index is 1.67. The number of aliphatic imine (C=N–C) groups is 1. The Morgan fingerprint density at radius 1 is 1.00 bits per heavy atom. The van der Waals surface area contributed by atoms with E-state index < -0.39 is 0 Å². The van der Waals surface area contributed by atoms with Crippen LogP contribution in [-0.2, 0) is 4.79 Å². The zero-order chi connectivity index (χ0) is 17.2. The highest BCUT2D eigenvalue weighted by Gasteiger charge is 2.36. The number of anilines is 1. The van der Waals surface area contributed by atoms with Gasteiger partial charge in [0.15, 0.2) is 6.67 Å². The lowest BCUT2D eigenvalue weighted by Crippen LogP contribution is -3.14. The zero-order valence-corrected chi connectivity index (χ0v) is 14.8. The van der Waals surface area contributed by atoms with Gasteiger partial charge < -0.3 is 4.90 Å². The molecule has 2 heterocycles. The van der Waals surface area contributed by atoms with Gasteiger partial charge in [0.25, 0.3) is 5.91 Å². The van der Waals surface area contributed by atoms with E-state index in [0.717, 1.165) is 36.7 Å². The molecule has 2 aromatic rings. The molecule has 0 atom stereocenters. The number of amides is 1. The van der Waals surface area contributed by atoms with Crippen molar-refractivity contribution in [1.82, 2.24) is 0 Å². The summed E-state index contributed by atoms with van der Waals surface area (Å²) in [5, 5.41) is 0.664. The van der Waals surface area contributed by atoms with Gasteiger partial charge in [-0.25, -0.2) is 4.99 Å². The van der Waals surface area contributed by atoms with Crippen molar-refractivity contribution in [2.75, 3.05) is 24.7 Å². The second-order valence-electron chi connectivity index (χ2n) is 6.66. The van der Waals surface area contributed by atoms with Crippen LogP contribution in [0.3, 0.4) is 0 Å². The number of para-hydroxylation sites is 1. The van der Waals surface area contributed by atoms with Crippen LogP contribution in [0.2, 0.25) is 5.02 Å². The van der Waals surface area contributed by atoms with Crippen LogP contribution in [0.1, 0.15) is 24.8 Å². The van der Waals surface area contributed by atoms with E-state index in [1.165, 1.54) is 24.2 Å². The van der Waals surface area contributed by atoms with Gasteiger partial charge in [-0.15, -0.1) is 0 Å². The highest BCUT2D eigenvalue weighted by molar-refractivity contribution is 6.54. The molecule has 1 N–H and O–H groups in total. The first-order valence-electron chi connectivity index (χ1n) is 8.81. The number of piperidine rings is 1. The van der Waals surface area contributed by atoms with Crippen LogP contribution in [0.5, 0.6) is 0 Å². The number of nitrogens with one attached hydrogen (secondary N) is 1. The number of nitrogens with zero attached hydrogens (tertiary/aromatic N) is 2. The van der Waals surface area contributed by atoms with E-state index in [-0.39, 0.29) is 5.91 Å². The number of hydrogen-bond donors (Lipinski definition) is 1. The van der Waals surface area contributed by atoms with Crippen LogP contribution in [0.15, 0.2) is 53.5 Å². The van der Waals surface area contributed by atoms with Crippen molar-refractivity contribution in [3.8, 4) is 0 Å². The van der Waals surface area contributed by atoms with E-state index in [1.807, 2.05) is 41.3 Å². The number of carbonyl (C=O) groups is 1. The summed E-state index contributed by atoms with van der Waals surface area (Å²) in [6, 6.07) is 15.2. The van der Waals surface area contributed by atoms with Gasteiger partial charge in [-0.3, -0.25) is 9.69 Å². The smallest absolute Gasteiger partial charge is 0.281 e. The normalized spacial score (nSPS) is 19.5. The molecule has 2 aliphatic heterocycles. The van der Waals surface area contributed by atoms with Crippen molar-refractivity contribution in [3.05, 3.63) is 59.1 Å². The maximum Gasteiger partial charge on any atom is 0.281 e. The van der Waals surface area contributed by atoms with Gasteiger partial charge in [0, 0.05) is 10.6 Å². The maximum absolute atomic E-state index is 13.1. The molecule has 2 aromatic carbocycles. The van der Waals surface area contributed by atoms with Crippen molar-refractivity contribution >= 4 is 34.6 Å². The summed E-state index contributed by atoms with van der Waals surface area (Å²) in [4.78, 5) is 21.1. The number of benzene rings is 2. The van der Waals surface area contributed by atoms with Gasteiger partial charge in [-0.1, -0.05) is 29.8 Å². The molecule has 1 amide bonds. The Bertz CT molecular complexity index is 810. The molecule has 4 rings (SSSR count). The highest BCUT2D eigenvalue weighted by atomic mass is 35.5. The third-order valence-electron chi connectivity index (χ3n) is 4.91. The Hall–Kier alpha value is -2.17. The van der Waals surface area contributed by atoms with E-state index in [4.69, 9.17) is 11.6 Å². The third-order valence-corrected chi connectivity index (χ3v) is 5.16. The molecule has 1 fully saturated rings. The van der Waals surface area contributed by atoms with E-state index in [2.05, 4.69) is 4.99 Å². The number of fused-ring (bicyclic) bond motifs is 1. The largest absolute Gasteiger partial charge is 0.317 e. The molecule has 1 saturated heterocycles. The molecule has 0 saturated carbocycles. The Kier molecular flexibility index (Phi) is 4.55. The average Bonchev–Trinajstić information content (AvgIpc) is 2.90. The molecule has 0 bridgehead atoms. The van der Waals surface area contributed by atoms with Crippen molar-refractivity contribution in [3.63, 3.8) is 0 Å². The minimum Gasteiger partial charge on any atom is -0.317 e. The van der Waals surface area contributed by atoms with Crippen LogP contribution in [0.4, 0.5) is 11.4 Å². The van der Waals surface area contributed by atoms with E-state index in [0.29, 0.717) is 10.7 Å². The molecule has 0 aliphatic carbocycles. The van der Waals surface area contributed by atoms with Crippen LogP contribution in [-0.4, -0.2) is 31.4 Å². The summed E-state index contributed by atoms with van der Waals surface area (Å²) >= 11 is 5.94. The number of likely N-dealkylation sites (tertiary alicyclic amines) is 1. The Morgan fingerprint density at radius 2 is 1.72 bits per heavy atom. The molecule has 25 heavy (non-hydrogen) atoms.